The van der Waals surface area contributed by atoms with Crippen molar-refractivity contribution in [2.45, 2.75) is 18.1 Å². The number of hydrogen-bond acceptors (Lipinski definition) is 5. The first-order valence-corrected chi connectivity index (χ1v) is 8.77. The second-order valence-electron chi connectivity index (χ2n) is 5.80. The first kappa shape index (κ1) is 15.0. The molecule has 122 valence electrons. The van der Waals surface area contributed by atoms with E-state index in [0.717, 1.165) is 18.6 Å². The minimum Gasteiger partial charge on any atom is -0.398 e. The number of thioether (sulfide) groups is 1. The highest BCUT2D eigenvalue weighted by molar-refractivity contribution is 7.99. The standard InChI is InChI=1S/C17H17N5OS/c18-14-5-6-15-19-20-17(22(15)10-14)24-11-16(23)21-8-7-12-3-1-2-4-13(12)9-21/h1-6,10H,7-9,11,18H2. The van der Waals surface area contributed by atoms with Gasteiger partial charge in [-0.1, -0.05) is 36.0 Å². The number of nitrogen functional groups attached to an aromatic ring is 1. The number of pyridine rings is 1. The third kappa shape index (κ3) is 2.82. The summed E-state index contributed by atoms with van der Waals surface area (Å²) in [5.41, 5.74) is 9.76. The number of nitrogens with zero attached hydrogens (tertiary/aromatic N) is 4. The minimum absolute atomic E-state index is 0.121. The normalized spacial score (nSPS) is 13.9. The maximum Gasteiger partial charge on any atom is 0.233 e. The zero-order valence-corrected chi connectivity index (χ0v) is 13.9. The van der Waals surface area contributed by atoms with E-state index in [0.29, 0.717) is 23.1 Å². The average Bonchev–Trinajstić information content (AvgIpc) is 3.01. The highest BCUT2D eigenvalue weighted by Crippen LogP contribution is 2.22. The fourth-order valence-electron chi connectivity index (χ4n) is 2.91. The Labute approximate surface area is 143 Å². The summed E-state index contributed by atoms with van der Waals surface area (Å²) in [7, 11) is 0. The molecular weight excluding hydrogens is 322 g/mol. The number of benzene rings is 1. The second kappa shape index (κ2) is 6.16. The molecule has 2 N–H and O–H groups in total. The predicted octanol–water partition coefficient (Wildman–Crippen LogP) is 1.99. The number of amides is 1. The van der Waals surface area contributed by atoms with E-state index in [1.165, 1.54) is 22.9 Å². The molecule has 0 saturated heterocycles. The molecule has 0 saturated carbocycles. The van der Waals surface area contributed by atoms with Gasteiger partial charge in [0.2, 0.25) is 5.91 Å². The van der Waals surface area contributed by atoms with Gasteiger partial charge in [0.1, 0.15) is 0 Å². The van der Waals surface area contributed by atoms with Crippen molar-refractivity contribution in [2.24, 2.45) is 0 Å². The van der Waals surface area contributed by atoms with Gasteiger partial charge in [-0.25, -0.2) is 0 Å². The van der Waals surface area contributed by atoms with Crippen molar-refractivity contribution >= 4 is 29.0 Å². The predicted molar refractivity (Wildman–Crippen MR) is 93.7 cm³/mol. The first-order valence-electron chi connectivity index (χ1n) is 7.78. The number of carbonyl (C=O) groups excluding carboxylic acids is 1. The SMILES string of the molecule is Nc1ccc2nnc(SCC(=O)N3CCc4ccccc4C3)n2c1. The molecule has 0 bridgehead atoms. The van der Waals surface area contributed by atoms with Gasteiger partial charge in [-0.2, -0.15) is 0 Å². The number of hydrogen-bond donors (Lipinski definition) is 1. The number of carbonyl (C=O) groups is 1. The monoisotopic (exact) mass is 339 g/mol. The van der Waals surface area contributed by atoms with E-state index in [1.54, 1.807) is 12.3 Å². The molecule has 0 aliphatic carbocycles. The van der Waals surface area contributed by atoms with Gasteiger partial charge in [0.15, 0.2) is 10.8 Å². The van der Waals surface area contributed by atoms with Crippen LogP contribution >= 0.6 is 11.8 Å². The molecule has 3 aromatic rings. The van der Waals surface area contributed by atoms with Crippen molar-refractivity contribution in [3.63, 3.8) is 0 Å². The number of nitrogens with two attached hydrogens (primary N) is 1. The van der Waals surface area contributed by atoms with Crippen LogP contribution in [0, 0.1) is 0 Å². The Balaban J connectivity index is 1.44. The van der Waals surface area contributed by atoms with Crippen LogP contribution in [0.25, 0.3) is 5.65 Å². The van der Waals surface area contributed by atoms with Crippen molar-refractivity contribution in [1.29, 1.82) is 0 Å². The van der Waals surface area contributed by atoms with E-state index in [2.05, 4.69) is 22.3 Å². The van der Waals surface area contributed by atoms with Gasteiger partial charge in [-0.05, 0) is 29.7 Å². The highest BCUT2D eigenvalue weighted by Gasteiger charge is 2.21. The van der Waals surface area contributed by atoms with Crippen molar-refractivity contribution < 1.29 is 4.79 Å². The number of anilines is 1. The summed E-state index contributed by atoms with van der Waals surface area (Å²) in [4.78, 5) is 14.4. The molecule has 24 heavy (non-hydrogen) atoms. The van der Waals surface area contributed by atoms with E-state index in [-0.39, 0.29) is 5.91 Å². The Morgan fingerprint density at radius 1 is 1.17 bits per heavy atom. The summed E-state index contributed by atoms with van der Waals surface area (Å²) < 4.78 is 1.82. The molecule has 0 radical (unpaired) electrons. The zero-order chi connectivity index (χ0) is 16.5. The van der Waals surface area contributed by atoms with Crippen LogP contribution in [0.15, 0.2) is 47.8 Å². The Kier molecular flexibility index (Phi) is 3.86. The molecule has 0 unspecified atom stereocenters. The molecule has 2 aromatic heterocycles. The minimum atomic E-state index is 0.121. The van der Waals surface area contributed by atoms with E-state index >= 15 is 0 Å². The van der Waals surface area contributed by atoms with Crippen molar-refractivity contribution in [3.05, 3.63) is 53.7 Å². The van der Waals surface area contributed by atoms with E-state index < -0.39 is 0 Å². The van der Waals surface area contributed by atoms with Gasteiger partial charge in [0, 0.05) is 25.0 Å². The van der Waals surface area contributed by atoms with Crippen molar-refractivity contribution in [2.75, 3.05) is 18.0 Å². The molecule has 1 aliphatic rings. The molecule has 0 atom stereocenters. The molecule has 0 spiro atoms. The lowest BCUT2D eigenvalue weighted by atomic mass is 10.00. The Hall–Kier alpha value is -2.54. The second-order valence-corrected chi connectivity index (χ2v) is 6.74. The summed E-state index contributed by atoms with van der Waals surface area (Å²) in [6, 6.07) is 11.9. The van der Waals surface area contributed by atoms with Gasteiger partial charge in [-0.3, -0.25) is 9.20 Å². The summed E-state index contributed by atoms with van der Waals surface area (Å²) in [5, 5.41) is 8.91. The Morgan fingerprint density at radius 3 is 2.88 bits per heavy atom. The molecule has 7 heteroatoms. The lowest BCUT2D eigenvalue weighted by Gasteiger charge is -2.28. The summed E-state index contributed by atoms with van der Waals surface area (Å²) in [6.07, 6.45) is 2.69. The van der Waals surface area contributed by atoms with Crippen LogP contribution in [0.1, 0.15) is 11.1 Å². The largest absolute Gasteiger partial charge is 0.398 e. The molecule has 1 aromatic carbocycles. The van der Waals surface area contributed by atoms with Crippen LogP contribution in [0.5, 0.6) is 0 Å². The molecule has 1 amide bonds. The molecule has 6 nitrogen and oxygen atoms in total. The quantitative estimate of drug-likeness (QED) is 0.739. The Bertz CT molecular complexity index is 907. The van der Waals surface area contributed by atoms with Gasteiger partial charge >= 0.3 is 0 Å². The third-order valence-electron chi connectivity index (χ3n) is 4.20. The Morgan fingerprint density at radius 2 is 2.00 bits per heavy atom. The molecule has 0 fully saturated rings. The van der Waals surface area contributed by atoms with Crippen molar-refractivity contribution in [3.8, 4) is 0 Å². The molecule has 3 heterocycles. The van der Waals surface area contributed by atoms with Crippen LogP contribution in [0.2, 0.25) is 0 Å². The number of fused-ring (bicyclic) bond motifs is 2. The summed E-state index contributed by atoms with van der Waals surface area (Å²) in [6.45, 7) is 1.45. The van der Waals surface area contributed by atoms with Crippen LogP contribution < -0.4 is 5.73 Å². The van der Waals surface area contributed by atoms with Crippen LogP contribution in [0.4, 0.5) is 5.69 Å². The van der Waals surface area contributed by atoms with E-state index in [1.807, 2.05) is 27.5 Å². The number of aromatic nitrogens is 3. The highest BCUT2D eigenvalue weighted by atomic mass is 32.2. The van der Waals surface area contributed by atoms with Crippen LogP contribution in [-0.4, -0.2) is 37.7 Å². The lowest BCUT2D eigenvalue weighted by Crippen LogP contribution is -2.37. The first-order chi connectivity index (χ1) is 11.7. The third-order valence-corrected chi connectivity index (χ3v) is 5.13. The smallest absolute Gasteiger partial charge is 0.233 e. The fourth-order valence-corrected chi connectivity index (χ4v) is 3.73. The van der Waals surface area contributed by atoms with Gasteiger partial charge < -0.3 is 10.6 Å². The van der Waals surface area contributed by atoms with E-state index in [4.69, 9.17) is 5.73 Å². The van der Waals surface area contributed by atoms with E-state index in [9.17, 15) is 4.79 Å². The van der Waals surface area contributed by atoms with Gasteiger partial charge in [-0.15, -0.1) is 10.2 Å². The van der Waals surface area contributed by atoms with Crippen molar-refractivity contribution in [1.82, 2.24) is 19.5 Å². The molecule has 1 aliphatic heterocycles. The summed E-state index contributed by atoms with van der Waals surface area (Å²) >= 11 is 1.39. The van der Waals surface area contributed by atoms with Crippen LogP contribution in [0.3, 0.4) is 0 Å². The van der Waals surface area contributed by atoms with Gasteiger partial charge in [0.05, 0.1) is 5.75 Å². The molecular formula is C17H17N5OS. The molecule has 4 rings (SSSR count). The van der Waals surface area contributed by atoms with Crippen LogP contribution in [-0.2, 0) is 17.8 Å². The zero-order valence-electron chi connectivity index (χ0n) is 13.1. The summed E-state index contributed by atoms with van der Waals surface area (Å²) in [5.74, 6) is 0.466. The van der Waals surface area contributed by atoms with Gasteiger partial charge in [0.25, 0.3) is 0 Å². The number of rotatable bonds is 3. The average molecular weight is 339 g/mol. The topological polar surface area (TPSA) is 76.5 Å². The maximum atomic E-state index is 12.5. The lowest BCUT2D eigenvalue weighted by molar-refractivity contribution is -0.129. The maximum absolute atomic E-state index is 12.5. The fraction of sp³-hybridized carbons (Fsp3) is 0.235.